The lowest BCUT2D eigenvalue weighted by molar-refractivity contribution is -0.384. The second kappa shape index (κ2) is 9.92. The number of piperazine rings is 1. The smallest absolute Gasteiger partial charge is 0.293 e. The number of hydrogen-bond acceptors (Lipinski definition) is 7. The van der Waals surface area contributed by atoms with Gasteiger partial charge >= 0.3 is 0 Å². The molecule has 0 atom stereocenters. The zero-order valence-electron chi connectivity index (χ0n) is 19.6. The Hall–Kier alpha value is -3.02. The second-order valence-electron chi connectivity index (χ2n) is 9.19. The molecule has 2 saturated heterocycles. The summed E-state index contributed by atoms with van der Waals surface area (Å²) in [4.78, 5) is 20.4. The van der Waals surface area contributed by atoms with Gasteiger partial charge in [-0.05, 0) is 37.1 Å². The third-order valence-corrected chi connectivity index (χ3v) is 8.75. The molecule has 5 rings (SSSR count). The van der Waals surface area contributed by atoms with Crippen LogP contribution in [0.1, 0.15) is 31.4 Å². The van der Waals surface area contributed by atoms with Gasteiger partial charge in [-0.1, -0.05) is 18.9 Å². The highest BCUT2D eigenvalue weighted by molar-refractivity contribution is 7.89. The fourth-order valence-electron chi connectivity index (χ4n) is 4.95. The molecule has 0 unspecified atom stereocenters. The number of anilines is 1. The summed E-state index contributed by atoms with van der Waals surface area (Å²) in [6, 6.07) is 10.2. The number of benzene rings is 1. The van der Waals surface area contributed by atoms with E-state index in [2.05, 4.69) is 9.88 Å². The largest absolute Gasteiger partial charge is 0.363 e. The van der Waals surface area contributed by atoms with E-state index in [-0.39, 0.29) is 10.6 Å². The first-order valence-electron chi connectivity index (χ1n) is 12.1. The summed E-state index contributed by atoms with van der Waals surface area (Å²) in [5, 5.41) is 11.9. The molecule has 0 amide bonds. The molecule has 186 valence electrons. The standard InChI is InChI=1S/C24H30N6O4S/c31-30(32)23-17-21(35(33,34)29-11-4-1-2-5-12-29)8-9-22(23)27-15-13-26(14-16-27)18-20-19-28-10-6-3-7-24(28)25-20/h3,6-10,17,19H,1-2,4-5,11-16,18H2. The summed E-state index contributed by atoms with van der Waals surface area (Å²) in [7, 11) is -3.75. The first-order valence-corrected chi connectivity index (χ1v) is 13.5. The lowest BCUT2D eigenvalue weighted by Crippen LogP contribution is -2.46. The van der Waals surface area contributed by atoms with Crippen molar-refractivity contribution in [2.45, 2.75) is 37.1 Å². The van der Waals surface area contributed by atoms with Gasteiger partial charge in [0, 0.05) is 64.3 Å². The molecular weight excluding hydrogens is 468 g/mol. The molecule has 0 aliphatic carbocycles. The van der Waals surface area contributed by atoms with Crippen LogP contribution in [0.4, 0.5) is 11.4 Å². The highest BCUT2D eigenvalue weighted by Gasteiger charge is 2.30. The second-order valence-corrected chi connectivity index (χ2v) is 11.1. The number of hydrogen-bond donors (Lipinski definition) is 0. The number of aromatic nitrogens is 2. The molecule has 3 aromatic rings. The average molecular weight is 499 g/mol. The van der Waals surface area contributed by atoms with Gasteiger partial charge in [0.1, 0.15) is 11.3 Å². The quantitative estimate of drug-likeness (QED) is 0.380. The molecular formula is C24H30N6O4S. The third-order valence-electron chi connectivity index (χ3n) is 6.86. The molecule has 2 fully saturated rings. The van der Waals surface area contributed by atoms with E-state index in [4.69, 9.17) is 0 Å². The van der Waals surface area contributed by atoms with Crippen LogP contribution in [-0.4, -0.2) is 71.2 Å². The lowest BCUT2D eigenvalue weighted by atomic mass is 10.2. The molecule has 11 heteroatoms. The van der Waals surface area contributed by atoms with Crippen LogP contribution < -0.4 is 4.90 Å². The molecule has 10 nitrogen and oxygen atoms in total. The summed E-state index contributed by atoms with van der Waals surface area (Å²) in [6.07, 6.45) is 7.65. The van der Waals surface area contributed by atoms with Gasteiger partial charge in [0.15, 0.2) is 0 Å². The SMILES string of the molecule is O=[N+]([O-])c1cc(S(=O)(=O)N2CCCCCC2)ccc1N1CCN(Cc2cn3ccccc3n2)CC1. The molecule has 1 aromatic carbocycles. The highest BCUT2D eigenvalue weighted by atomic mass is 32.2. The molecule has 2 aliphatic heterocycles. The summed E-state index contributed by atoms with van der Waals surface area (Å²) < 4.78 is 29.8. The number of imidazole rings is 1. The number of pyridine rings is 1. The number of sulfonamides is 1. The van der Waals surface area contributed by atoms with Crippen molar-refractivity contribution in [2.24, 2.45) is 0 Å². The fraction of sp³-hybridized carbons (Fsp3) is 0.458. The molecule has 4 heterocycles. The molecule has 0 bridgehead atoms. The topological polar surface area (TPSA) is 104 Å². The first kappa shape index (κ1) is 23.7. The normalized spacial score (nSPS) is 18.6. The van der Waals surface area contributed by atoms with Crippen molar-refractivity contribution in [2.75, 3.05) is 44.2 Å². The number of fused-ring (bicyclic) bond motifs is 1. The Labute approximate surface area is 205 Å². The van der Waals surface area contributed by atoms with Crippen molar-refractivity contribution < 1.29 is 13.3 Å². The number of nitrogens with zero attached hydrogens (tertiary/aromatic N) is 6. The number of rotatable bonds is 6. The Bertz CT molecular complexity index is 1280. The van der Waals surface area contributed by atoms with Crippen LogP contribution in [0, 0.1) is 10.1 Å². The number of nitro groups is 1. The highest BCUT2D eigenvalue weighted by Crippen LogP contribution is 2.33. The van der Waals surface area contributed by atoms with E-state index >= 15 is 0 Å². The lowest BCUT2D eigenvalue weighted by Gasteiger charge is -2.35. The molecule has 0 spiro atoms. The average Bonchev–Trinajstić information content (AvgIpc) is 3.06. The minimum Gasteiger partial charge on any atom is -0.363 e. The predicted molar refractivity (Wildman–Crippen MR) is 133 cm³/mol. The molecule has 0 radical (unpaired) electrons. The van der Waals surface area contributed by atoms with Crippen molar-refractivity contribution >= 4 is 27.0 Å². The maximum atomic E-state index is 13.2. The Balaban J connectivity index is 1.29. The first-order chi connectivity index (χ1) is 16.9. The van der Waals surface area contributed by atoms with E-state index in [0.29, 0.717) is 38.4 Å². The van der Waals surface area contributed by atoms with Gasteiger partial charge in [0.2, 0.25) is 10.0 Å². The van der Waals surface area contributed by atoms with Crippen molar-refractivity contribution in [3.8, 4) is 0 Å². The Morgan fingerprint density at radius 3 is 2.37 bits per heavy atom. The van der Waals surface area contributed by atoms with E-state index in [1.165, 1.54) is 16.4 Å². The molecule has 2 aliphatic rings. The monoisotopic (exact) mass is 498 g/mol. The third kappa shape index (κ3) is 5.02. The van der Waals surface area contributed by atoms with E-state index in [0.717, 1.165) is 50.1 Å². The minimum absolute atomic E-state index is 0.000310. The summed E-state index contributed by atoms with van der Waals surface area (Å²) in [5.41, 5.74) is 2.21. The van der Waals surface area contributed by atoms with E-state index in [9.17, 15) is 18.5 Å². The Kier molecular flexibility index (Phi) is 6.72. The summed E-state index contributed by atoms with van der Waals surface area (Å²) in [6.45, 7) is 4.35. The van der Waals surface area contributed by atoms with Crippen LogP contribution in [0.2, 0.25) is 0 Å². The molecule has 0 N–H and O–H groups in total. The maximum absolute atomic E-state index is 13.2. The zero-order chi connectivity index (χ0) is 24.4. The van der Waals surface area contributed by atoms with Gasteiger partial charge in [0.05, 0.1) is 15.5 Å². The van der Waals surface area contributed by atoms with Crippen LogP contribution in [0.3, 0.4) is 0 Å². The van der Waals surface area contributed by atoms with Gasteiger partial charge in [-0.15, -0.1) is 0 Å². The van der Waals surface area contributed by atoms with E-state index < -0.39 is 14.9 Å². The van der Waals surface area contributed by atoms with Crippen LogP contribution in [0.5, 0.6) is 0 Å². The van der Waals surface area contributed by atoms with Gasteiger partial charge in [-0.25, -0.2) is 13.4 Å². The summed E-state index contributed by atoms with van der Waals surface area (Å²) >= 11 is 0. The minimum atomic E-state index is -3.75. The summed E-state index contributed by atoms with van der Waals surface area (Å²) in [5.74, 6) is 0. The van der Waals surface area contributed by atoms with Gasteiger partial charge in [-0.2, -0.15) is 4.31 Å². The fourth-order valence-corrected chi connectivity index (χ4v) is 6.49. The van der Waals surface area contributed by atoms with Gasteiger partial charge in [0.25, 0.3) is 5.69 Å². The maximum Gasteiger partial charge on any atom is 0.293 e. The molecule has 0 saturated carbocycles. The predicted octanol–water partition coefficient (Wildman–Crippen LogP) is 3.13. The van der Waals surface area contributed by atoms with Crippen LogP contribution >= 0.6 is 0 Å². The molecule has 35 heavy (non-hydrogen) atoms. The van der Waals surface area contributed by atoms with E-state index in [1.54, 1.807) is 6.07 Å². The van der Waals surface area contributed by atoms with Crippen LogP contribution in [0.15, 0.2) is 53.7 Å². The zero-order valence-corrected chi connectivity index (χ0v) is 20.4. The van der Waals surface area contributed by atoms with Crippen molar-refractivity contribution in [1.29, 1.82) is 0 Å². The van der Waals surface area contributed by atoms with Crippen molar-refractivity contribution in [3.63, 3.8) is 0 Å². The van der Waals surface area contributed by atoms with E-state index in [1.807, 2.05) is 39.9 Å². The Morgan fingerprint density at radius 1 is 0.943 bits per heavy atom. The molecule has 2 aromatic heterocycles. The van der Waals surface area contributed by atoms with Gasteiger partial charge in [-0.3, -0.25) is 15.0 Å². The van der Waals surface area contributed by atoms with Crippen LogP contribution in [0.25, 0.3) is 5.65 Å². The van der Waals surface area contributed by atoms with Gasteiger partial charge < -0.3 is 9.30 Å². The Morgan fingerprint density at radius 2 is 1.69 bits per heavy atom. The van der Waals surface area contributed by atoms with Crippen molar-refractivity contribution in [1.82, 2.24) is 18.6 Å². The van der Waals surface area contributed by atoms with Crippen LogP contribution in [-0.2, 0) is 16.6 Å². The van der Waals surface area contributed by atoms with Crippen molar-refractivity contribution in [3.05, 3.63) is 64.6 Å². The number of nitro benzene ring substituents is 1.